The standard InChI is InChI=1S/C9H15NO2/c1-12-10-9(11)8-5-6-2-3-7(8)4-6/h6-8H,2-5H2,1H3,(H,10,11). The molecule has 3 heteroatoms. The van der Waals surface area contributed by atoms with Crippen LogP contribution < -0.4 is 5.48 Å². The largest absolute Gasteiger partial charge is 0.277 e. The van der Waals surface area contributed by atoms with Crippen LogP contribution in [0.5, 0.6) is 0 Å². The molecule has 0 aromatic rings. The van der Waals surface area contributed by atoms with E-state index in [4.69, 9.17) is 0 Å². The Hall–Kier alpha value is -0.570. The molecule has 2 aliphatic carbocycles. The zero-order valence-corrected chi connectivity index (χ0v) is 7.38. The summed E-state index contributed by atoms with van der Waals surface area (Å²) >= 11 is 0. The predicted octanol–water partition coefficient (Wildman–Crippen LogP) is 1.10. The molecule has 0 aromatic carbocycles. The van der Waals surface area contributed by atoms with E-state index < -0.39 is 0 Å². The summed E-state index contributed by atoms with van der Waals surface area (Å²) in [6.45, 7) is 0. The van der Waals surface area contributed by atoms with E-state index in [1.807, 2.05) is 0 Å². The summed E-state index contributed by atoms with van der Waals surface area (Å²) in [6.07, 6.45) is 4.93. The first-order valence-corrected chi connectivity index (χ1v) is 4.64. The zero-order chi connectivity index (χ0) is 8.55. The number of fused-ring (bicyclic) bond motifs is 2. The second-order valence-corrected chi connectivity index (χ2v) is 3.95. The monoisotopic (exact) mass is 169 g/mol. The number of rotatable bonds is 2. The molecule has 2 rings (SSSR count). The van der Waals surface area contributed by atoms with E-state index in [9.17, 15) is 4.79 Å². The van der Waals surface area contributed by atoms with E-state index in [1.165, 1.54) is 26.4 Å². The average molecular weight is 169 g/mol. The van der Waals surface area contributed by atoms with Crippen LogP contribution >= 0.6 is 0 Å². The highest BCUT2D eigenvalue weighted by molar-refractivity contribution is 5.78. The molecule has 0 heterocycles. The first-order chi connectivity index (χ1) is 5.81. The van der Waals surface area contributed by atoms with Gasteiger partial charge in [0.2, 0.25) is 5.91 Å². The van der Waals surface area contributed by atoms with Crippen LogP contribution in [0, 0.1) is 17.8 Å². The van der Waals surface area contributed by atoms with Gasteiger partial charge in [-0.2, -0.15) is 0 Å². The molecule has 0 radical (unpaired) electrons. The third-order valence-electron chi connectivity index (χ3n) is 3.28. The number of hydrogen-bond donors (Lipinski definition) is 1. The summed E-state index contributed by atoms with van der Waals surface area (Å²) in [5.41, 5.74) is 2.43. The molecule has 3 atom stereocenters. The lowest BCUT2D eigenvalue weighted by Crippen LogP contribution is -2.32. The van der Waals surface area contributed by atoms with E-state index >= 15 is 0 Å². The fourth-order valence-corrected chi connectivity index (χ4v) is 2.74. The summed E-state index contributed by atoms with van der Waals surface area (Å²) in [7, 11) is 1.49. The SMILES string of the molecule is CONC(=O)C1CC2CCC1C2. The van der Waals surface area contributed by atoms with Gasteiger partial charge in [0.25, 0.3) is 0 Å². The fourth-order valence-electron chi connectivity index (χ4n) is 2.74. The van der Waals surface area contributed by atoms with Crippen molar-refractivity contribution in [2.24, 2.45) is 17.8 Å². The Balaban J connectivity index is 1.93. The van der Waals surface area contributed by atoms with E-state index in [1.54, 1.807) is 0 Å². The topological polar surface area (TPSA) is 38.3 Å². The van der Waals surface area contributed by atoms with Gasteiger partial charge in [0.15, 0.2) is 0 Å². The van der Waals surface area contributed by atoms with E-state index in [0.717, 1.165) is 12.3 Å². The normalized spacial score (nSPS) is 38.6. The van der Waals surface area contributed by atoms with Gasteiger partial charge >= 0.3 is 0 Å². The van der Waals surface area contributed by atoms with Gasteiger partial charge in [-0.3, -0.25) is 9.63 Å². The molecule has 0 saturated heterocycles. The third-order valence-corrected chi connectivity index (χ3v) is 3.28. The highest BCUT2D eigenvalue weighted by Crippen LogP contribution is 2.48. The smallest absolute Gasteiger partial charge is 0.246 e. The van der Waals surface area contributed by atoms with Crippen LogP contribution in [-0.2, 0) is 9.63 Å². The van der Waals surface area contributed by atoms with Gasteiger partial charge in [-0.1, -0.05) is 6.42 Å². The number of nitrogens with one attached hydrogen (secondary N) is 1. The molecule has 2 bridgehead atoms. The Morgan fingerprint density at radius 3 is 2.75 bits per heavy atom. The molecular weight excluding hydrogens is 154 g/mol. The number of carbonyl (C=O) groups is 1. The molecule has 0 aromatic heterocycles. The zero-order valence-electron chi connectivity index (χ0n) is 7.38. The van der Waals surface area contributed by atoms with E-state index in [2.05, 4.69) is 10.3 Å². The Labute approximate surface area is 72.4 Å². The van der Waals surface area contributed by atoms with Crippen molar-refractivity contribution in [3.63, 3.8) is 0 Å². The summed E-state index contributed by atoms with van der Waals surface area (Å²) in [5, 5.41) is 0. The van der Waals surface area contributed by atoms with Crippen LogP contribution in [0.3, 0.4) is 0 Å². The fraction of sp³-hybridized carbons (Fsp3) is 0.889. The maximum Gasteiger partial charge on any atom is 0.246 e. The van der Waals surface area contributed by atoms with E-state index in [-0.39, 0.29) is 11.8 Å². The minimum Gasteiger partial charge on any atom is -0.277 e. The van der Waals surface area contributed by atoms with Gasteiger partial charge in [0.1, 0.15) is 0 Å². The van der Waals surface area contributed by atoms with Crippen molar-refractivity contribution >= 4 is 5.91 Å². The minimum atomic E-state index is 0.0877. The van der Waals surface area contributed by atoms with Crippen LogP contribution in [-0.4, -0.2) is 13.0 Å². The first-order valence-electron chi connectivity index (χ1n) is 4.64. The lowest BCUT2D eigenvalue weighted by molar-refractivity contribution is -0.137. The second-order valence-electron chi connectivity index (χ2n) is 3.95. The first kappa shape index (κ1) is 8.05. The molecule has 3 unspecified atom stereocenters. The van der Waals surface area contributed by atoms with Gasteiger partial charge in [-0.15, -0.1) is 0 Å². The van der Waals surface area contributed by atoms with Gasteiger partial charge in [0, 0.05) is 5.92 Å². The Kier molecular flexibility index (Phi) is 2.05. The van der Waals surface area contributed by atoms with Crippen molar-refractivity contribution in [3.8, 4) is 0 Å². The Morgan fingerprint density at radius 1 is 1.42 bits per heavy atom. The summed E-state index contributed by atoms with van der Waals surface area (Å²) in [6, 6.07) is 0. The average Bonchev–Trinajstić information content (AvgIpc) is 2.64. The van der Waals surface area contributed by atoms with Crippen molar-refractivity contribution in [2.45, 2.75) is 25.7 Å². The third kappa shape index (κ3) is 1.22. The van der Waals surface area contributed by atoms with Crippen LogP contribution in [0.2, 0.25) is 0 Å². The molecule has 2 aliphatic rings. The lowest BCUT2D eigenvalue weighted by atomic mass is 9.88. The van der Waals surface area contributed by atoms with Crippen molar-refractivity contribution < 1.29 is 9.63 Å². The molecule has 3 nitrogen and oxygen atoms in total. The van der Waals surface area contributed by atoms with Crippen LogP contribution in [0.4, 0.5) is 0 Å². The Morgan fingerprint density at radius 2 is 2.25 bits per heavy atom. The molecular formula is C9H15NO2. The maximum absolute atomic E-state index is 11.4. The summed E-state index contributed by atoms with van der Waals surface area (Å²) < 4.78 is 0. The molecule has 1 amide bonds. The van der Waals surface area contributed by atoms with Gasteiger partial charge in [-0.05, 0) is 31.1 Å². The highest BCUT2D eigenvalue weighted by Gasteiger charge is 2.42. The molecule has 0 aliphatic heterocycles. The van der Waals surface area contributed by atoms with Crippen molar-refractivity contribution in [1.82, 2.24) is 5.48 Å². The van der Waals surface area contributed by atoms with Gasteiger partial charge in [-0.25, -0.2) is 5.48 Å². The van der Waals surface area contributed by atoms with Gasteiger partial charge in [0.05, 0.1) is 7.11 Å². The molecule has 68 valence electrons. The predicted molar refractivity (Wildman–Crippen MR) is 44.1 cm³/mol. The Bertz CT molecular complexity index is 193. The molecule has 1 N–H and O–H groups in total. The number of amides is 1. The summed E-state index contributed by atoms with van der Waals surface area (Å²) in [4.78, 5) is 16.0. The van der Waals surface area contributed by atoms with Crippen LogP contribution in [0.15, 0.2) is 0 Å². The minimum absolute atomic E-state index is 0.0877. The van der Waals surface area contributed by atoms with Crippen LogP contribution in [0.25, 0.3) is 0 Å². The quantitative estimate of drug-likeness (QED) is 0.629. The summed E-state index contributed by atoms with van der Waals surface area (Å²) in [5.74, 6) is 1.79. The second kappa shape index (κ2) is 3.05. The van der Waals surface area contributed by atoms with Crippen molar-refractivity contribution in [2.75, 3.05) is 7.11 Å². The molecule has 2 saturated carbocycles. The van der Waals surface area contributed by atoms with Crippen molar-refractivity contribution in [1.29, 1.82) is 0 Å². The van der Waals surface area contributed by atoms with E-state index in [0.29, 0.717) is 5.92 Å². The number of carbonyl (C=O) groups excluding carboxylic acids is 1. The number of hydroxylamine groups is 1. The van der Waals surface area contributed by atoms with Gasteiger partial charge < -0.3 is 0 Å². The highest BCUT2D eigenvalue weighted by atomic mass is 16.6. The lowest BCUT2D eigenvalue weighted by Gasteiger charge is -2.19. The van der Waals surface area contributed by atoms with Crippen molar-refractivity contribution in [3.05, 3.63) is 0 Å². The van der Waals surface area contributed by atoms with Crippen LogP contribution in [0.1, 0.15) is 25.7 Å². The molecule has 2 fully saturated rings. The molecule has 12 heavy (non-hydrogen) atoms. The maximum atomic E-state index is 11.4. The number of hydrogen-bond acceptors (Lipinski definition) is 2. The molecule has 0 spiro atoms.